The third-order valence-corrected chi connectivity index (χ3v) is 6.85. The van der Waals surface area contributed by atoms with Crippen molar-refractivity contribution in [2.24, 2.45) is 0 Å². The standard InChI is InChI=1S/C14H18N2O5S2/c1-8-14(9(2)21-15-8)12-4-5-13(22-12)23(17,18)16-10-6-20-7-11(10)19-3/h4-5,10-11,16H,6-7H2,1-3H3/t10-,11-/m0/s1. The normalized spacial score (nSPS) is 21.9. The number of thiophene rings is 1. The van der Waals surface area contributed by atoms with Gasteiger partial charge in [-0.3, -0.25) is 0 Å². The first-order valence-corrected chi connectivity index (χ1v) is 9.38. The molecule has 1 N–H and O–H groups in total. The molecule has 0 aliphatic carbocycles. The summed E-state index contributed by atoms with van der Waals surface area (Å²) in [6.07, 6.45) is -0.272. The van der Waals surface area contributed by atoms with Gasteiger partial charge in [-0.15, -0.1) is 11.3 Å². The van der Waals surface area contributed by atoms with E-state index in [0.29, 0.717) is 19.0 Å². The molecule has 0 amide bonds. The topological polar surface area (TPSA) is 90.7 Å². The van der Waals surface area contributed by atoms with E-state index in [1.165, 1.54) is 11.3 Å². The zero-order valence-electron chi connectivity index (χ0n) is 13.0. The van der Waals surface area contributed by atoms with Gasteiger partial charge in [0.2, 0.25) is 10.0 Å². The van der Waals surface area contributed by atoms with Gasteiger partial charge in [-0.1, -0.05) is 5.16 Å². The van der Waals surface area contributed by atoms with E-state index in [9.17, 15) is 8.42 Å². The molecule has 0 radical (unpaired) electrons. The van der Waals surface area contributed by atoms with Gasteiger partial charge in [-0.05, 0) is 26.0 Å². The lowest BCUT2D eigenvalue weighted by molar-refractivity contribution is 0.0761. The highest BCUT2D eigenvalue weighted by Crippen LogP contribution is 2.34. The number of hydrogen-bond acceptors (Lipinski definition) is 7. The Hall–Kier alpha value is -1.26. The van der Waals surface area contributed by atoms with E-state index in [1.807, 2.05) is 6.92 Å². The maximum atomic E-state index is 12.6. The molecule has 1 aliphatic heterocycles. The Kier molecular flexibility index (Phi) is 4.56. The van der Waals surface area contributed by atoms with Crippen LogP contribution in [0, 0.1) is 13.8 Å². The van der Waals surface area contributed by atoms with Crippen LogP contribution in [-0.2, 0) is 19.5 Å². The van der Waals surface area contributed by atoms with Gasteiger partial charge < -0.3 is 14.0 Å². The lowest BCUT2D eigenvalue weighted by Gasteiger charge is -2.16. The van der Waals surface area contributed by atoms with Crippen LogP contribution in [0.5, 0.6) is 0 Å². The zero-order valence-corrected chi connectivity index (χ0v) is 14.7. The third-order valence-electron chi connectivity index (χ3n) is 3.76. The minimum atomic E-state index is -3.63. The van der Waals surface area contributed by atoms with Crippen molar-refractivity contribution >= 4 is 21.4 Å². The number of rotatable bonds is 5. The van der Waals surface area contributed by atoms with Crippen molar-refractivity contribution in [1.82, 2.24) is 9.88 Å². The van der Waals surface area contributed by atoms with Crippen molar-refractivity contribution in [2.75, 3.05) is 20.3 Å². The summed E-state index contributed by atoms with van der Waals surface area (Å²) in [5, 5.41) is 3.90. The van der Waals surface area contributed by atoms with Crippen molar-refractivity contribution in [1.29, 1.82) is 0 Å². The molecule has 2 atom stereocenters. The molecule has 3 rings (SSSR count). The number of nitrogens with one attached hydrogen (secondary N) is 1. The van der Waals surface area contributed by atoms with Crippen molar-refractivity contribution in [3.05, 3.63) is 23.6 Å². The molecule has 1 saturated heterocycles. The van der Waals surface area contributed by atoms with Gasteiger partial charge in [0.1, 0.15) is 9.97 Å². The van der Waals surface area contributed by atoms with Gasteiger partial charge in [-0.2, -0.15) is 0 Å². The number of methoxy groups -OCH3 is 1. The SMILES string of the molecule is CO[C@H]1COC[C@@H]1NS(=O)(=O)c1ccc(-c2c(C)noc2C)s1. The average Bonchev–Trinajstić information content (AvgIpc) is 3.19. The molecule has 126 valence electrons. The number of hydrogen-bond donors (Lipinski definition) is 1. The first-order chi connectivity index (χ1) is 10.9. The molecule has 0 unspecified atom stereocenters. The van der Waals surface area contributed by atoms with Gasteiger partial charge >= 0.3 is 0 Å². The Bertz CT molecular complexity index is 776. The van der Waals surface area contributed by atoms with Gasteiger partial charge in [-0.25, -0.2) is 13.1 Å². The molecule has 23 heavy (non-hydrogen) atoms. The monoisotopic (exact) mass is 358 g/mol. The highest BCUT2D eigenvalue weighted by atomic mass is 32.2. The maximum Gasteiger partial charge on any atom is 0.250 e. The summed E-state index contributed by atoms with van der Waals surface area (Å²) >= 11 is 1.19. The molecular formula is C14H18N2O5S2. The summed E-state index contributed by atoms with van der Waals surface area (Å²) in [4.78, 5) is 0.813. The van der Waals surface area contributed by atoms with Crippen LogP contribution in [0.1, 0.15) is 11.5 Å². The van der Waals surface area contributed by atoms with E-state index in [2.05, 4.69) is 9.88 Å². The van der Waals surface area contributed by atoms with E-state index in [0.717, 1.165) is 16.1 Å². The highest BCUT2D eigenvalue weighted by Gasteiger charge is 2.33. The van der Waals surface area contributed by atoms with Crippen molar-refractivity contribution in [3.8, 4) is 10.4 Å². The summed E-state index contributed by atoms with van der Waals surface area (Å²) in [6, 6.07) is 2.98. The average molecular weight is 358 g/mol. The van der Waals surface area contributed by atoms with Crippen molar-refractivity contribution in [3.63, 3.8) is 0 Å². The number of aromatic nitrogens is 1. The lowest BCUT2D eigenvalue weighted by Crippen LogP contribution is -2.43. The second-order valence-electron chi connectivity index (χ2n) is 5.36. The number of nitrogens with zero attached hydrogens (tertiary/aromatic N) is 1. The molecule has 2 aromatic rings. The van der Waals surface area contributed by atoms with Crippen LogP contribution >= 0.6 is 11.3 Å². The highest BCUT2D eigenvalue weighted by molar-refractivity contribution is 7.91. The predicted molar refractivity (Wildman–Crippen MR) is 85.0 cm³/mol. The fourth-order valence-electron chi connectivity index (χ4n) is 2.57. The molecule has 0 aromatic carbocycles. The summed E-state index contributed by atoms with van der Waals surface area (Å²) in [6.45, 7) is 4.33. The van der Waals surface area contributed by atoms with Crippen LogP contribution in [0.25, 0.3) is 10.4 Å². The second-order valence-corrected chi connectivity index (χ2v) is 8.38. The van der Waals surface area contributed by atoms with E-state index in [4.69, 9.17) is 14.0 Å². The minimum absolute atomic E-state index is 0.245. The summed E-state index contributed by atoms with van der Waals surface area (Å²) < 4.78 is 43.6. The van der Waals surface area contributed by atoms with Crippen LogP contribution in [0.2, 0.25) is 0 Å². The van der Waals surface area contributed by atoms with E-state index in [-0.39, 0.29) is 16.4 Å². The van der Waals surface area contributed by atoms with Crippen LogP contribution in [0.15, 0.2) is 20.9 Å². The van der Waals surface area contributed by atoms with Gasteiger partial charge in [0.15, 0.2) is 0 Å². The Morgan fingerprint density at radius 2 is 2.13 bits per heavy atom. The summed E-state index contributed by atoms with van der Waals surface area (Å²) in [5.74, 6) is 0.671. The van der Waals surface area contributed by atoms with Gasteiger partial charge in [0, 0.05) is 12.0 Å². The molecule has 0 spiro atoms. The lowest BCUT2D eigenvalue weighted by atomic mass is 10.2. The first kappa shape index (κ1) is 16.6. The maximum absolute atomic E-state index is 12.6. The van der Waals surface area contributed by atoms with Crippen LogP contribution in [-0.4, -0.2) is 46.0 Å². The molecule has 2 aromatic heterocycles. The van der Waals surface area contributed by atoms with Crippen molar-refractivity contribution in [2.45, 2.75) is 30.2 Å². The van der Waals surface area contributed by atoms with E-state index in [1.54, 1.807) is 26.2 Å². The Morgan fingerprint density at radius 3 is 2.78 bits per heavy atom. The summed E-state index contributed by atoms with van der Waals surface area (Å²) in [7, 11) is -2.08. The largest absolute Gasteiger partial charge is 0.377 e. The smallest absolute Gasteiger partial charge is 0.250 e. The summed E-state index contributed by atoms with van der Waals surface area (Å²) in [5.41, 5.74) is 1.58. The second kappa shape index (κ2) is 6.33. The Morgan fingerprint density at radius 1 is 1.35 bits per heavy atom. The third kappa shape index (κ3) is 3.20. The molecule has 1 aliphatic rings. The van der Waals surface area contributed by atoms with Gasteiger partial charge in [0.05, 0.1) is 36.6 Å². The molecular weight excluding hydrogens is 340 g/mol. The van der Waals surface area contributed by atoms with Crippen molar-refractivity contribution < 1.29 is 22.4 Å². The number of sulfonamides is 1. The Balaban J connectivity index is 1.84. The van der Waals surface area contributed by atoms with E-state index >= 15 is 0 Å². The molecule has 7 nitrogen and oxygen atoms in total. The molecule has 0 bridgehead atoms. The fourth-order valence-corrected chi connectivity index (χ4v) is 5.28. The number of aryl methyl sites for hydroxylation is 2. The molecule has 3 heterocycles. The fraction of sp³-hybridized carbons (Fsp3) is 0.500. The Labute approximate surface area is 138 Å². The predicted octanol–water partition coefficient (Wildman–Crippen LogP) is 1.71. The first-order valence-electron chi connectivity index (χ1n) is 7.08. The quantitative estimate of drug-likeness (QED) is 0.875. The van der Waals surface area contributed by atoms with Crippen LogP contribution < -0.4 is 4.72 Å². The molecule has 0 saturated carbocycles. The van der Waals surface area contributed by atoms with Crippen LogP contribution in [0.4, 0.5) is 0 Å². The van der Waals surface area contributed by atoms with Gasteiger partial charge in [0.25, 0.3) is 0 Å². The number of ether oxygens (including phenoxy) is 2. The molecule has 1 fully saturated rings. The zero-order chi connectivity index (χ0) is 16.6. The minimum Gasteiger partial charge on any atom is -0.377 e. The van der Waals surface area contributed by atoms with Crippen LogP contribution in [0.3, 0.4) is 0 Å². The van der Waals surface area contributed by atoms with E-state index < -0.39 is 10.0 Å². The molecule has 9 heteroatoms.